The Hall–Kier alpha value is -1.88. The highest BCUT2D eigenvalue weighted by molar-refractivity contribution is 7.23. The van der Waals surface area contributed by atoms with Crippen LogP contribution in [0, 0.1) is 6.92 Å². The van der Waals surface area contributed by atoms with Gasteiger partial charge in [0.2, 0.25) is 10.8 Å². The van der Waals surface area contributed by atoms with E-state index in [0.29, 0.717) is 4.96 Å². The molecule has 0 fully saturated rings. The minimum absolute atomic E-state index is 0.228. The Labute approximate surface area is 94.4 Å². The molecular weight excluding hydrogens is 224 g/mol. The fourth-order valence-corrected chi connectivity index (χ4v) is 2.85. The van der Waals surface area contributed by atoms with E-state index in [1.807, 2.05) is 25.1 Å². The third kappa shape index (κ3) is 1.22. The Morgan fingerprint density at radius 3 is 3.00 bits per heavy atom. The molecule has 4 nitrogen and oxygen atoms in total. The van der Waals surface area contributed by atoms with Crippen molar-refractivity contribution in [3.05, 3.63) is 40.2 Å². The molecule has 0 aliphatic carbocycles. The van der Waals surface area contributed by atoms with Gasteiger partial charge in [0.1, 0.15) is 0 Å². The minimum atomic E-state index is -0.252. The summed E-state index contributed by atoms with van der Waals surface area (Å²) in [6.45, 7) is 2.00. The lowest BCUT2D eigenvalue weighted by Gasteiger charge is -1.95. The number of aromatic nitrogens is 2. The molecule has 0 saturated carbocycles. The molecule has 0 bridgehead atoms. The molecule has 0 aliphatic heterocycles. The van der Waals surface area contributed by atoms with Gasteiger partial charge < -0.3 is 5.11 Å². The van der Waals surface area contributed by atoms with E-state index in [9.17, 15) is 9.90 Å². The largest absolute Gasteiger partial charge is 0.493 e. The van der Waals surface area contributed by atoms with Gasteiger partial charge in [-0.05, 0) is 24.6 Å². The standard InChI is InChI=1S/C11H8N2O2S/c1-6-2-3-7-8(4-6)16-11-12-9(14)5-10(15)13(7)11/h2-5,14H,1H3. The van der Waals surface area contributed by atoms with Crippen LogP contribution in [0.15, 0.2) is 29.1 Å². The van der Waals surface area contributed by atoms with E-state index in [4.69, 9.17) is 0 Å². The lowest BCUT2D eigenvalue weighted by molar-refractivity contribution is 0.453. The summed E-state index contributed by atoms with van der Waals surface area (Å²) < 4.78 is 2.51. The molecule has 0 aliphatic rings. The molecule has 0 spiro atoms. The number of thiazole rings is 1. The molecule has 1 aromatic carbocycles. The van der Waals surface area contributed by atoms with Gasteiger partial charge in [-0.15, -0.1) is 0 Å². The van der Waals surface area contributed by atoms with E-state index in [-0.39, 0.29) is 11.4 Å². The van der Waals surface area contributed by atoms with Crippen LogP contribution >= 0.6 is 11.3 Å². The molecule has 3 rings (SSSR count). The lowest BCUT2D eigenvalue weighted by Crippen LogP contribution is -2.10. The van der Waals surface area contributed by atoms with E-state index in [2.05, 4.69) is 4.98 Å². The van der Waals surface area contributed by atoms with E-state index < -0.39 is 0 Å². The molecule has 2 aromatic heterocycles. The molecule has 1 N–H and O–H groups in total. The van der Waals surface area contributed by atoms with Crippen LogP contribution in [0.5, 0.6) is 5.88 Å². The highest BCUT2D eigenvalue weighted by Gasteiger charge is 2.08. The predicted octanol–water partition coefficient (Wildman–Crippen LogP) is 1.92. The molecule has 0 amide bonds. The first kappa shape index (κ1) is 9.35. The van der Waals surface area contributed by atoms with Gasteiger partial charge >= 0.3 is 0 Å². The monoisotopic (exact) mass is 232 g/mol. The second-order valence-corrected chi connectivity index (χ2v) is 4.65. The Kier molecular flexibility index (Phi) is 1.79. The lowest BCUT2D eigenvalue weighted by atomic mass is 10.2. The normalized spacial score (nSPS) is 11.3. The predicted molar refractivity (Wildman–Crippen MR) is 63.2 cm³/mol. The zero-order valence-corrected chi connectivity index (χ0v) is 9.28. The molecule has 0 saturated heterocycles. The summed E-state index contributed by atoms with van der Waals surface area (Å²) in [6.07, 6.45) is 0. The van der Waals surface area contributed by atoms with Crippen molar-refractivity contribution in [1.82, 2.24) is 9.38 Å². The topological polar surface area (TPSA) is 54.6 Å². The van der Waals surface area contributed by atoms with Crippen LogP contribution in [0.3, 0.4) is 0 Å². The second kappa shape index (κ2) is 3.05. The average Bonchev–Trinajstić information content (AvgIpc) is 2.54. The maximum atomic E-state index is 11.7. The second-order valence-electron chi connectivity index (χ2n) is 3.64. The fourth-order valence-electron chi connectivity index (χ4n) is 1.73. The smallest absolute Gasteiger partial charge is 0.262 e. The molecule has 80 valence electrons. The number of aryl methyl sites for hydroxylation is 1. The summed E-state index contributed by atoms with van der Waals surface area (Å²) in [4.78, 5) is 16.2. The molecule has 3 aromatic rings. The number of fused-ring (bicyclic) bond motifs is 3. The Morgan fingerprint density at radius 2 is 2.19 bits per heavy atom. The van der Waals surface area contributed by atoms with Gasteiger partial charge in [0, 0.05) is 0 Å². The number of nitrogens with zero attached hydrogens (tertiary/aromatic N) is 2. The van der Waals surface area contributed by atoms with Crippen LogP contribution in [0.1, 0.15) is 5.56 Å². The van der Waals surface area contributed by atoms with E-state index in [1.165, 1.54) is 15.7 Å². The first-order valence-electron chi connectivity index (χ1n) is 4.77. The third-order valence-electron chi connectivity index (χ3n) is 2.43. The van der Waals surface area contributed by atoms with Crippen LogP contribution in [-0.4, -0.2) is 14.5 Å². The highest BCUT2D eigenvalue weighted by Crippen LogP contribution is 2.25. The average molecular weight is 232 g/mol. The van der Waals surface area contributed by atoms with Crippen LogP contribution in [0.2, 0.25) is 0 Å². The van der Waals surface area contributed by atoms with Crippen LogP contribution < -0.4 is 5.56 Å². The van der Waals surface area contributed by atoms with Gasteiger partial charge in [-0.25, -0.2) is 0 Å². The van der Waals surface area contributed by atoms with Crippen molar-refractivity contribution in [3.8, 4) is 5.88 Å². The molecule has 5 heteroatoms. The van der Waals surface area contributed by atoms with Crippen molar-refractivity contribution < 1.29 is 5.11 Å². The molecule has 0 unspecified atom stereocenters. The quantitative estimate of drug-likeness (QED) is 0.644. The summed E-state index contributed by atoms with van der Waals surface area (Å²) in [7, 11) is 0. The Morgan fingerprint density at radius 1 is 1.38 bits per heavy atom. The summed E-state index contributed by atoms with van der Waals surface area (Å²) in [5.74, 6) is -0.228. The molecule has 0 atom stereocenters. The summed E-state index contributed by atoms with van der Waals surface area (Å²) in [6, 6.07) is 6.98. The maximum absolute atomic E-state index is 11.7. The van der Waals surface area contributed by atoms with Gasteiger partial charge in [0.05, 0.1) is 16.3 Å². The van der Waals surface area contributed by atoms with Gasteiger partial charge in [0.15, 0.2) is 0 Å². The van der Waals surface area contributed by atoms with E-state index >= 15 is 0 Å². The summed E-state index contributed by atoms with van der Waals surface area (Å²) >= 11 is 1.40. The molecule has 2 heterocycles. The fraction of sp³-hybridized carbons (Fsp3) is 0.0909. The number of benzene rings is 1. The molecular formula is C11H8N2O2S. The van der Waals surface area contributed by atoms with E-state index in [1.54, 1.807) is 0 Å². The van der Waals surface area contributed by atoms with Crippen molar-refractivity contribution in [2.75, 3.05) is 0 Å². The van der Waals surface area contributed by atoms with Gasteiger partial charge in [-0.1, -0.05) is 17.4 Å². The van der Waals surface area contributed by atoms with Crippen molar-refractivity contribution in [1.29, 1.82) is 0 Å². The molecule has 16 heavy (non-hydrogen) atoms. The summed E-state index contributed by atoms with van der Waals surface area (Å²) in [5, 5.41) is 9.27. The molecule has 0 radical (unpaired) electrons. The van der Waals surface area contributed by atoms with Crippen molar-refractivity contribution >= 4 is 26.5 Å². The van der Waals surface area contributed by atoms with Gasteiger partial charge in [0.25, 0.3) is 5.56 Å². The van der Waals surface area contributed by atoms with Crippen molar-refractivity contribution in [3.63, 3.8) is 0 Å². The Bertz CT molecular complexity index is 758. The number of aromatic hydroxyl groups is 1. The number of rotatable bonds is 0. The number of hydrogen-bond donors (Lipinski definition) is 1. The Balaban J connectivity index is 2.61. The minimum Gasteiger partial charge on any atom is -0.493 e. The highest BCUT2D eigenvalue weighted by atomic mass is 32.1. The summed E-state index contributed by atoms with van der Waals surface area (Å²) in [5.41, 5.74) is 1.72. The van der Waals surface area contributed by atoms with Gasteiger partial charge in [-0.2, -0.15) is 4.98 Å². The SMILES string of the molecule is Cc1ccc2c(c1)sc1nc(O)cc(=O)n12. The zero-order valence-electron chi connectivity index (χ0n) is 8.47. The first-order chi connectivity index (χ1) is 7.65. The maximum Gasteiger partial charge on any atom is 0.262 e. The van der Waals surface area contributed by atoms with Crippen LogP contribution in [0.25, 0.3) is 15.2 Å². The zero-order chi connectivity index (χ0) is 11.3. The third-order valence-corrected chi connectivity index (χ3v) is 3.44. The van der Waals surface area contributed by atoms with Crippen LogP contribution in [-0.2, 0) is 0 Å². The van der Waals surface area contributed by atoms with E-state index in [0.717, 1.165) is 21.8 Å². The van der Waals surface area contributed by atoms with Crippen molar-refractivity contribution in [2.45, 2.75) is 6.92 Å². The van der Waals surface area contributed by atoms with Gasteiger partial charge in [-0.3, -0.25) is 9.20 Å². The number of hydrogen-bond acceptors (Lipinski definition) is 4. The van der Waals surface area contributed by atoms with Crippen LogP contribution in [0.4, 0.5) is 0 Å². The van der Waals surface area contributed by atoms with Crippen molar-refractivity contribution in [2.24, 2.45) is 0 Å². The first-order valence-corrected chi connectivity index (χ1v) is 5.59.